The van der Waals surface area contributed by atoms with Gasteiger partial charge in [-0.3, -0.25) is 0 Å². The lowest BCUT2D eigenvalue weighted by atomic mass is 9.92. The molecule has 0 amide bonds. The average Bonchev–Trinajstić information content (AvgIpc) is 2.64. The summed E-state index contributed by atoms with van der Waals surface area (Å²) in [6.07, 6.45) is 9.11. The number of rotatable bonds is 10. The second kappa shape index (κ2) is 19.0. The molecule has 0 saturated carbocycles. The van der Waals surface area contributed by atoms with E-state index >= 15 is 0 Å². The normalized spacial score (nSPS) is 10.8. The van der Waals surface area contributed by atoms with E-state index in [0.717, 1.165) is 30.6 Å². The summed E-state index contributed by atoms with van der Waals surface area (Å²) in [5, 5.41) is 0. The van der Waals surface area contributed by atoms with E-state index in [1.54, 1.807) is 0 Å². The van der Waals surface area contributed by atoms with Gasteiger partial charge in [0.1, 0.15) is 6.29 Å². The van der Waals surface area contributed by atoms with E-state index in [2.05, 4.69) is 46.4 Å². The van der Waals surface area contributed by atoms with Gasteiger partial charge in [0.15, 0.2) is 0 Å². The highest BCUT2D eigenvalue weighted by Gasteiger charge is 2.08. The van der Waals surface area contributed by atoms with Crippen LogP contribution in [0.25, 0.3) is 5.57 Å². The Bertz CT molecular complexity index is 401. The Labute approximate surface area is 157 Å². The number of benzene rings is 1. The Balaban J connectivity index is 0. The standard InChI is InChI=1S/C14H18O.C8H18.C2H6/c1-3-13(9-10-15)11-12(2)14-7-5-4-6-8-14;1-4-6-8(3)7-5-2;1-2/h4-8,10,13H,2-3,9,11H2,1H3;8H,4-7H2,1-3H3;1-2H3. The molecule has 1 unspecified atom stereocenters. The fourth-order valence-corrected chi connectivity index (χ4v) is 2.80. The maximum atomic E-state index is 10.5. The van der Waals surface area contributed by atoms with Gasteiger partial charge < -0.3 is 4.79 Å². The minimum atomic E-state index is 0.440. The second-order valence-electron chi connectivity index (χ2n) is 6.53. The minimum absolute atomic E-state index is 0.440. The zero-order chi connectivity index (χ0) is 19.5. The monoisotopic (exact) mass is 346 g/mol. The molecule has 0 heterocycles. The van der Waals surface area contributed by atoms with Gasteiger partial charge in [-0.05, 0) is 29.4 Å². The van der Waals surface area contributed by atoms with Crippen LogP contribution in [0.1, 0.15) is 92.1 Å². The van der Waals surface area contributed by atoms with Crippen molar-refractivity contribution in [1.29, 1.82) is 0 Å². The van der Waals surface area contributed by atoms with Crippen molar-refractivity contribution < 1.29 is 4.79 Å². The zero-order valence-electron chi connectivity index (χ0n) is 17.7. The van der Waals surface area contributed by atoms with Gasteiger partial charge in [-0.15, -0.1) is 0 Å². The van der Waals surface area contributed by atoms with Crippen LogP contribution in [0.4, 0.5) is 0 Å². The summed E-state index contributed by atoms with van der Waals surface area (Å²) in [5.41, 5.74) is 2.31. The van der Waals surface area contributed by atoms with E-state index < -0.39 is 0 Å². The van der Waals surface area contributed by atoms with Gasteiger partial charge in [-0.1, -0.05) is 111 Å². The first-order valence-electron chi connectivity index (χ1n) is 10.3. The molecule has 1 aromatic rings. The number of carbonyl (C=O) groups excluding carboxylic acids is 1. The summed E-state index contributed by atoms with van der Waals surface area (Å²) in [5.74, 6) is 1.40. The molecule has 0 saturated heterocycles. The van der Waals surface area contributed by atoms with Crippen LogP contribution in [0.5, 0.6) is 0 Å². The molecule has 0 aliphatic heterocycles. The number of hydrogen-bond acceptors (Lipinski definition) is 1. The summed E-state index contributed by atoms with van der Waals surface area (Å²) < 4.78 is 0. The summed E-state index contributed by atoms with van der Waals surface area (Å²) in [7, 11) is 0. The van der Waals surface area contributed by atoms with Crippen molar-refractivity contribution in [3.05, 3.63) is 42.5 Å². The predicted molar refractivity (Wildman–Crippen MR) is 115 cm³/mol. The van der Waals surface area contributed by atoms with Crippen molar-refractivity contribution in [2.24, 2.45) is 11.8 Å². The van der Waals surface area contributed by atoms with E-state index in [0.29, 0.717) is 12.3 Å². The van der Waals surface area contributed by atoms with Crippen molar-refractivity contribution in [1.82, 2.24) is 0 Å². The first-order chi connectivity index (χ1) is 12.1. The molecule has 0 bridgehead atoms. The molecule has 0 spiro atoms. The van der Waals surface area contributed by atoms with Crippen LogP contribution in [0.3, 0.4) is 0 Å². The largest absolute Gasteiger partial charge is 0.303 e. The minimum Gasteiger partial charge on any atom is -0.303 e. The topological polar surface area (TPSA) is 17.1 Å². The zero-order valence-corrected chi connectivity index (χ0v) is 17.7. The lowest BCUT2D eigenvalue weighted by Crippen LogP contribution is -2.00. The van der Waals surface area contributed by atoms with Crippen LogP contribution in [-0.4, -0.2) is 6.29 Å². The molecule has 0 aliphatic carbocycles. The van der Waals surface area contributed by atoms with Crippen molar-refractivity contribution >= 4 is 11.9 Å². The van der Waals surface area contributed by atoms with Crippen molar-refractivity contribution in [3.8, 4) is 0 Å². The van der Waals surface area contributed by atoms with E-state index in [9.17, 15) is 4.79 Å². The smallest absolute Gasteiger partial charge is 0.120 e. The Kier molecular flexibility index (Phi) is 19.6. The second-order valence-corrected chi connectivity index (χ2v) is 6.53. The fourth-order valence-electron chi connectivity index (χ4n) is 2.80. The Hall–Kier alpha value is -1.37. The Morgan fingerprint density at radius 2 is 1.56 bits per heavy atom. The molecule has 0 fully saturated rings. The lowest BCUT2D eigenvalue weighted by molar-refractivity contribution is -0.108. The van der Waals surface area contributed by atoms with E-state index in [1.807, 2.05) is 32.0 Å². The molecule has 1 aromatic carbocycles. The molecule has 1 atom stereocenters. The van der Waals surface area contributed by atoms with Crippen molar-refractivity contribution in [3.63, 3.8) is 0 Å². The first-order valence-corrected chi connectivity index (χ1v) is 10.3. The fraction of sp³-hybridized carbons (Fsp3) is 0.625. The first kappa shape index (κ1) is 25.9. The molecule has 144 valence electrons. The highest BCUT2D eigenvalue weighted by atomic mass is 16.1. The van der Waals surface area contributed by atoms with Gasteiger partial charge in [-0.2, -0.15) is 0 Å². The molecular formula is C24H42O. The van der Waals surface area contributed by atoms with Gasteiger partial charge in [0, 0.05) is 6.42 Å². The highest BCUT2D eigenvalue weighted by molar-refractivity contribution is 5.63. The lowest BCUT2D eigenvalue weighted by Gasteiger charge is -2.13. The summed E-state index contributed by atoms with van der Waals surface area (Å²) in [6.45, 7) is 17.0. The number of allylic oxidation sites excluding steroid dienone is 1. The van der Waals surface area contributed by atoms with Crippen LogP contribution >= 0.6 is 0 Å². The average molecular weight is 347 g/mol. The Morgan fingerprint density at radius 3 is 1.96 bits per heavy atom. The van der Waals surface area contributed by atoms with Gasteiger partial charge in [0.25, 0.3) is 0 Å². The Morgan fingerprint density at radius 1 is 1.04 bits per heavy atom. The summed E-state index contributed by atoms with van der Waals surface area (Å²) in [4.78, 5) is 10.5. The maximum Gasteiger partial charge on any atom is 0.120 e. The number of carbonyl (C=O) groups is 1. The van der Waals surface area contributed by atoms with Crippen molar-refractivity contribution in [2.45, 2.75) is 86.5 Å². The van der Waals surface area contributed by atoms with Gasteiger partial charge in [-0.25, -0.2) is 0 Å². The molecule has 0 aromatic heterocycles. The van der Waals surface area contributed by atoms with Crippen molar-refractivity contribution in [2.75, 3.05) is 0 Å². The third-order valence-corrected chi connectivity index (χ3v) is 4.29. The van der Waals surface area contributed by atoms with Gasteiger partial charge >= 0.3 is 0 Å². The van der Waals surface area contributed by atoms with Crippen LogP contribution in [0.15, 0.2) is 36.9 Å². The van der Waals surface area contributed by atoms with Gasteiger partial charge in [0.2, 0.25) is 0 Å². The summed E-state index contributed by atoms with van der Waals surface area (Å²) >= 11 is 0. The van der Waals surface area contributed by atoms with E-state index in [1.165, 1.54) is 31.2 Å². The molecular weight excluding hydrogens is 304 g/mol. The molecule has 0 radical (unpaired) electrons. The van der Waals surface area contributed by atoms with E-state index in [-0.39, 0.29) is 0 Å². The molecule has 1 nitrogen and oxygen atoms in total. The highest BCUT2D eigenvalue weighted by Crippen LogP contribution is 2.24. The SMILES string of the molecule is C=C(CC(CC)CC=O)c1ccccc1.CC.CCCC(C)CCC. The molecule has 1 rings (SSSR count). The molecule has 0 N–H and O–H groups in total. The molecule has 0 aliphatic rings. The quantitative estimate of drug-likeness (QED) is 0.393. The molecule has 25 heavy (non-hydrogen) atoms. The third-order valence-electron chi connectivity index (χ3n) is 4.29. The number of hydrogen-bond donors (Lipinski definition) is 0. The van der Waals surface area contributed by atoms with Crippen LogP contribution in [0, 0.1) is 11.8 Å². The van der Waals surface area contributed by atoms with Gasteiger partial charge in [0.05, 0.1) is 0 Å². The van der Waals surface area contributed by atoms with Crippen LogP contribution < -0.4 is 0 Å². The van der Waals surface area contributed by atoms with Crippen LogP contribution in [-0.2, 0) is 4.79 Å². The summed E-state index contributed by atoms with van der Waals surface area (Å²) in [6, 6.07) is 10.2. The maximum absolute atomic E-state index is 10.5. The molecule has 1 heteroatoms. The van der Waals surface area contributed by atoms with E-state index in [4.69, 9.17) is 0 Å². The predicted octanol–water partition coefficient (Wildman–Crippen LogP) is 7.95. The third kappa shape index (κ3) is 14.7. The number of aldehydes is 1. The van der Waals surface area contributed by atoms with Crippen LogP contribution in [0.2, 0.25) is 0 Å².